The Bertz CT molecular complexity index is 2990. The maximum absolute atomic E-state index is 12.3. The Hall–Kier alpha value is -7.86. The quantitative estimate of drug-likeness (QED) is 0.0151. The molecule has 2 saturated heterocycles. The minimum Gasteiger partial charge on any atom is 0 e. The number of halogens is 5. The molecule has 0 saturated carbocycles. The van der Waals surface area contributed by atoms with Gasteiger partial charge in [-0.3, -0.25) is 34.9 Å². The number of aromatic nitrogens is 2. The monoisotopic (exact) mass is 1630 g/mol. The standard InChI is InChI=1S/C16H24N2O2.C11H8N2O2.C11H16N2.C10H18O5.C7H7NO2.C5H6BNO2.4CH4.2F2.FH.2O.Pd.Pt.H2/c1-16(2,3)20-15(19)18-11-5-4-6-14(18)12-7-9-13(17)10-8-12;14-13(15)10-6-4-9(5-7-10)11-3-1-2-8-12-11;12-10-6-4-9(5-7-10)11-3-1-2-8-13-11;1-9(2,3)14-7(11)13-8(12)15-10(4,5)6;1-6-2-4-7(5-3-6)8(9)10;8-6(9)5-3-1-2-4-7-5;;;;;2*1-2;;;;;;/h7-10,14H,4-6,11,17H2,1-3H3;1-8H;4-7,11,13H,1-3,8,12H2;1-6H3;2-5H,1H3;1-4,8-9H;4*1H4;;;1H;;;;;1H. The number of carbonyl (C=O) groups excluding carboxylic acids is 3. The van der Waals surface area contributed by atoms with E-state index in [1.165, 1.54) is 55.3 Å². The number of nitrogens with two attached hydrogens (primary N) is 2. The summed E-state index contributed by atoms with van der Waals surface area (Å²) in [5.74, 6) is 0. The molecule has 1 amide bonds. The minimum absolute atomic E-state index is 0. The molecular weight excluding hydrogens is 1530 g/mol. The van der Waals surface area contributed by atoms with E-state index >= 15 is 0 Å². The van der Waals surface area contributed by atoms with E-state index < -0.39 is 64.6 Å². The summed E-state index contributed by atoms with van der Waals surface area (Å²) in [5.41, 5.74) is 16.8. The normalized spacial score (nSPS) is 12.9. The van der Waals surface area contributed by atoms with Crippen LogP contribution in [0.3, 0.4) is 0 Å². The van der Waals surface area contributed by atoms with Gasteiger partial charge in [-0.25, -0.2) is 14.4 Å². The molecule has 2 aliphatic heterocycles. The van der Waals surface area contributed by atoms with E-state index in [0.29, 0.717) is 6.04 Å². The number of hydrogen-bond donors (Lipinski definition) is 5. The van der Waals surface area contributed by atoms with Crippen LogP contribution in [0.25, 0.3) is 11.3 Å². The van der Waals surface area contributed by atoms with Gasteiger partial charge in [-0.2, -0.15) is 0 Å². The SMILES string of the molecule is C.C.C.C.CC(C)(C)OC(=O)N1CCCCC1c1ccc(N)cc1.CC(C)(C)OC(=O)OC(=O)OC(C)(C)C.Cc1ccc([N+](=O)[O-])cc1.F.FF.FF.Nc1ccc(C2CCCCN2)cc1.O=[N+]([O-])c1ccc(-c2ccccn2)cc1.OB(O)c1ccccn1.[HH].[O]=[Pt]=[O].[Pd]. The van der Waals surface area contributed by atoms with Crippen LogP contribution in [0.4, 0.5) is 60.1 Å². The van der Waals surface area contributed by atoms with Gasteiger partial charge in [-0.1, -0.05) is 90.2 Å². The second-order valence-electron chi connectivity index (χ2n) is 21.8. The molecule has 0 spiro atoms. The summed E-state index contributed by atoms with van der Waals surface area (Å²) in [5, 5.41) is 41.1. The van der Waals surface area contributed by atoms with Crippen molar-refractivity contribution >= 4 is 53.9 Å². The Morgan fingerprint density at radius 3 is 1.39 bits per heavy atom. The van der Waals surface area contributed by atoms with Crippen LogP contribution in [-0.4, -0.2) is 90.2 Å². The number of piperidine rings is 2. The third kappa shape index (κ3) is 46.8. The first-order valence-electron chi connectivity index (χ1n) is 27.3. The van der Waals surface area contributed by atoms with E-state index in [-0.39, 0.29) is 85.4 Å². The first-order valence-corrected chi connectivity index (χ1v) is 29.1. The third-order valence-electron chi connectivity index (χ3n) is 11.3. The van der Waals surface area contributed by atoms with Crippen molar-refractivity contribution in [1.82, 2.24) is 20.2 Å². The molecule has 0 radical (unpaired) electrons. The van der Waals surface area contributed by atoms with Gasteiger partial charge >= 0.3 is 50.8 Å². The maximum atomic E-state index is 12.3. The van der Waals surface area contributed by atoms with Crippen LogP contribution in [-0.2, 0) is 64.7 Å². The summed E-state index contributed by atoms with van der Waals surface area (Å²) in [6, 6.07) is 39.9. The number of nitro groups is 2. The van der Waals surface area contributed by atoms with Gasteiger partial charge in [-0.15, -0.1) is 0 Å². The Balaban J connectivity index is -0.000000158. The van der Waals surface area contributed by atoms with Crippen LogP contribution in [0.15, 0.2) is 146 Å². The molecule has 4 aromatic carbocycles. The Morgan fingerprint density at radius 1 is 0.621 bits per heavy atom. The molecule has 2 atom stereocenters. The Labute approximate surface area is 579 Å². The Morgan fingerprint density at radius 2 is 1.03 bits per heavy atom. The van der Waals surface area contributed by atoms with Crippen molar-refractivity contribution < 1.29 is 123 Å². The third-order valence-corrected chi connectivity index (χ3v) is 11.3. The van der Waals surface area contributed by atoms with Crippen LogP contribution in [0, 0.1) is 27.2 Å². The van der Waals surface area contributed by atoms with Crippen LogP contribution >= 0.6 is 0 Å². The fourth-order valence-corrected chi connectivity index (χ4v) is 7.49. The van der Waals surface area contributed by atoms with Crippen molar-refractivity contribution in [2.24, 2.45) is 0 Å². The van der Waals surface area contributed by atoms with Crippen molar-refractivity contribution in [3.05, 3.63) is 183 Å². The minimum atomic E-state index is -1.92. The predicted octanol–water partition coefficient (Wildman–Crippen LogP) is 16.4. The number of pyridine rings is 2. The number of rotatable bonds is 6. The molecule has 31 heteroatoms. The molecule has 542 valence electrons. The number of hydrogen-bond acceptors (Lipinski definition) is 20. The summed E-state index contributed by atoms with van der Waals surface area (Å²) < 4.78 is 68.3. The molecule has 6 aromatic rings. The number of nitrogens with one attached hydrogen (secondary N) is 1. The fourth-order valence-electron chi connectivity index (χ4n) is 7.49. The first-order chi connectivity index (χ1) is 41.9. The molecule has 2 aliphatic rings. The Kier molecular flexibility index (Phi) is 57.6. The molecular formula is C64H98BF5N8O15PdPt. The number of anilines is 2. The molecule has 2 fully saturated rings. The molecule has 0 bridgehead atoms. The van der Waals surface area contributed by atoms with Gasteiger partial charge in [0.2, 0.25) is 0 Å². The van der Waals surface area contributed by atoms with Gasteiger partial charge in [0, 0.05) is 106 Å². The number of benzene rings is 4. The summed E-state index contributed by atoms with van der Waals surface area (Å²) in [6.07, 6.45) is 7.90. The molecule has 95 heavy (non-hydrogen) atoms. The number of nitro benzene ring substituents is 2. The van der Waals surface area contributed by atoms with Crippen molar-refractivity contribution in [3.8, 4) is 11.3 Å². The van der Waals surface area contributed by atoms with Crippen molar-refractivity contribution in [3.63, 3.8) is 0 Å². The predicted molar refractivity (Wildman–Crippen MR) is 355 cm³/mol. The van der Waals surface area contributed by atoms with E-state index in [1.54, 1.807) is 90.2 Å². The molecule has 8 rings (SSSR count). The van der Waals surface area contributed by atoms with E-state index in [9.17, 15) is 34.6 Å². The van der Waals surface area contributed by atoms with Gasteiger partial charge in [0.25, 0.3) is 11.4 Å². The summed E-state index contributed by atoms with van der Waals surface area (Å²) in [6.45, 7) is 19.5. The number of carbonyl (C=O) groups is 3. The number of likely N-dealkylation sites (tertiary alicyclic amines) is 1. The summed E-state index contributed by atoms with van der Waals surface area (Å²) in [7, 11) is -1.45. The van der Waals surface area contributed by atoms with E-state index in [2.05, 4.69) is 32.2 Å². The number of aryl methyl sites for hydroxylation is 1. The van der Waals surface area contributed by atoms with E-state index in [0.717, 1.165) is 66.1 Å². The van der Waals surface area contributed by atoms with Crippen molar-refractivity contribution in [2.75, 3.05) is 24.6 Å². The zero-order valence-corrected chi connectivity index (χ0v) is 55.7. The topological polar surface area (TPSA) is 342 Å². The zero-order valence-electron chi connectivity index (χ0n) is 51.9. The number of nitrogen functional groups attached to an aromatic ring is 2. The molecule has 2 aromatic heterocycles. The zero-order chi connectivity index (χ0) is 67.8. The van der Waals surface area contributed by atoms with Gasteiger partial charge in [0.1, 0.15) is 16.8 Å². The van der Waals surface area contributed by atoms with E-state index in [4.69, 9.17) is 60.8 Å². The number of non-ortho nitro benzene ring substituents is 2. The van der Waals surface area contributed by atoms with Crippen LogP contribution < -0.4 is 22.4 Å². The average Bonchev–Trinajstić information content (AvgIpc) is 3.52. The largest absolute Gasteiger partial charge is 0 e. The fraction of sp³-hybridized carbons (Fsp3) is 0.422. The summed E-state index contributed by atoms with van der Waals surface area (Å²) >= 11 is -1.92. The van der Waals surface area contributed by atoms with Crippen molar-refractivity contribution in [1.29, 1.82) is 0 Å². The molecule has 4 heterocycles. The first kappa shape index (κ1) is 101. The number of ether oxygens (including phenoxy) is 4. The average molecular weight is 1630 g/mol. The van der Waals surface area contributed by atoms with Gasteiger partial charge in [-0.05, 0) is 180 Å². The molecule has 2 unspecified atom stereocenters. The van der Waals surface area contributed by atoms with Crippen LogP contribution in [0.5, 0.6) is 0 Å². The van der Waals surface area contributed by atoms with Gasteiger partial charge in [0.15, 0.2) is 0 Å². The van der Waals surface area contributed by atoms with Gasteiger partial charge < -0.3 is 50.7 Å². The van der Waals surface area contributed by atoms with Gasteiger partial charge in [0.05, 0.1) is 27.2 Å². The molecule has 7 N–H and O–H groups in total. The number of amides is 1. The number of nitrogens with zero attached hydrogens (tertiary/aromatic N) is 5. The van der Waals surface area contributed by atoms with Crippen LogP contribution in [0.1, 0.15) is 161 Å². The summed E-state index contributed by atoms with van der Waals surface area (Å²) in [4.78, 5) is 63.8. The smallest absolute Gasteiger partial charge is 0 e. The molecule has 0 aliphatic carbocycles. The second kappa shape index (κ2) is 54.4. The van der Waals surface area contributed by atoms with E-state index in [1.807, 2.05) is 87.2 Å². The van der Waals surface area contributed by atoms with Crippen LogP contribution in [0.2, 0.25) is 0 Å². The maximum Gasteiger partial charge on any atom is 0 e. The second-order valence-corrected chi connectivity index (χ2v) is 22.2. The molecule has 23 nitrogen and oxygen atoms in total. The van der Waals surface area contributed by atoms with Crippen molar-refractivity contribution in [2.45, 2.75) is 166 Å².